The molecule has 1 atom stereocenters. The fourth-order valence-electron chi connectivity index (χ4n) is 1.12. The van der Waals surface area contributed by atoms with Crippen molar-refractivity contribution in [1.29, 1.82) is 0 Å². The minimum Gasteiger partial charge on any atom is -0.353 e. The van der Waals surface area contributed by atoms with Gasteiger partial charge in [-0.15, -0.1) is 10.2 Å². The standard InChI is InChI=1S/C10H17N5O2S/c1-4-6(2)12-8(16)5-18-10-14-13-7(3)9(17)15(10)11/h6H,4-5,11H2,1-3H3,(H,12,16)/t6-/m0/s1. The predicted molar refractivity (Wildman–Crippen MR) is 69.8 cm³/mol. The molecular formula is C10H17N5O2S. The zero-order valence-electron chi connectivity index (χ0n) is 10.6. The smallest absolute Gasteiger partial charge is 0.294 e. The van der Waals surface area contributed by atoms with E-state index in [0.717, 1.165) is 22.9 Å². The predicted octanol–water partition coefficient (Wildman–Crippen LogP) is -0.333. The first-order valence-electron chi connectivity index (χ1n) is 5.59. The van der Waals surface area contributed by atoms with Crippen LogP contribution < -0.4 is 16.7 Å². The van der Waals surface area contributed by atoms with Crippen LogP contribution in [0.3, 0.4) is 0 Å². The van der Waals surface area contributed by atoms with Gasteiger partial charge in [0.1, 0.15) is 5.69 Å². The molecule has 3 N–H and O–H groups in total. The van der Waals surface area contributed by atoms with Gasteiger partial charge >= 0.3 is 0 Å². The molecule has 1 rings (SSSR count). The molecule has 1 aromatic rings. The summed E-state index contributed by atoms with van der Waals surface area (Å²) in [6.07, 6.45) is 0.863. The van der Waals surface area contributed by atoms with Crippen LogP contribution in [0.5, 0.6) is 0 Å². The first-order chi connectivity index (χ1) is 8.45. The van der Waals surface area contributed by atoms with Gasteiger partial charge in [0.25, 0.3) is 5.56 Å². The Hall–Kier alpha value is -1.57. The summed E-state index contributed by atoms with van der Waals surface area (Å²) in [7, 11) is 0. The molecule has 1 aromatic heterocycles. The molecule has 0 spiro atoms. The third-order valence-corrected chi connectivity index (χ3v) is 3.32. The lowest BCUT2D eigenvalue weighted by Crippen LogP contribution is -2.35. The van der Waals surface area contributed by atoms with Crippen molar-refractivity contribution in [1.82, 2.24) is 20.2 Å². The van der Waals surface area contributed by atoms with E-state index < -0.39 is 5.56 Å². The maximum absolute atomic E-state index is 11.5. The van der Waals surface area contributed by atoms with E-state index in [0.29, 0.717) is 0 Å². The number of aromatic nitrogens is 3. The minimum atomic E-state index is -0.408. The molecule has 0 unspecified atom stereocenters. The highest BCUT2D eigenvalue weighted by molar-refractivity contribution is 7.99. The van der Waals surface area contributed by atoms with E-state index in [1.807, 2.05) is 13.8 Å². The molecule has 7 nitrogen and oxygen atoms in total. The van der Waals surface area contributed by atoms with E-state index in [-0.39, 0.29) is 28.6 Å². The Morgan fingerprint density at radius 3 is 2.83 bits per heavy atom. The molecule has 0 radical (unpaired) electrons. The van der Waals surface area contributed by atoms with Gasteiger partial charge in [0.2, 0.25) is 11.1 Å². The highest BCUT2D eigenvalue weighted by Crippen LogP contribution is 2.10. The fourth-order valence-corrected chi connectivity index (χ4v) is 1.78. The number of hydrogen-bond acceptors (Lipinski definition) is 6. The third kappa shape index (κ3) is 3.73. The largest absolute Gasteiger partial charge is 0.353 e. The first-order valence-corrected chi connectivity index (χ1v) is 6.57. The fraction of sp³-hybridized carbons (Fsp3) is 0.600. The highest BCUT2D eigenvalue weighted by Gasteiger charge is 2.11. The SMILES string of the molecule is CC[C@H](C)NC(=O)CSc1nnc(C)c(=O)n1N. The number of aryl methyl sites for hydroxylation is 1. The van der Waals surface area contributed by atoms with Gasteiger partial charge in [-0.3, -0.25) is 9.59 Å². The number of thioether (sulfide) groups is 1. The summed E-state index contributed by atoms with van der Waals surface area (Å²) in [6.45, 7) is 5.44. The van der Waals surface area contributed by atoms with E-state index in [9.17, 15) is 9.59 Å². The number of nitrogens with one attached hydrogen (secondary N) is 1. The number of nitrogens with two attached hydrogens (primary N) is 1. The molecular weight excluding hydrogens is 254 g/mol. The van der Waals surface area contributed by atoms with Crippen molar-refractivity contribution in [2.75, 3.05) is 11.6 Å². The Morgan fingerprint density at radius 2 is 2.22 bits per heavy atom. The highest BCUT2D eigenvalue weighted by atomic mass is 32.2. The van der Waals surface area contributed by atoms with Crippen molar-refractivity contribution in [3.8, 4) is 0 Å². The maximum atomic E-state index is 11.5. The number of rotatable bonds is 5. The van der Waals surface area contributed by atoms with Crippen LogP contribution in [0.4, 0.5) is 0 Å². The van der Waals surface area contributed by atoms with E-state index in [2.05, 4.69) is 15.5 Å². The third-order valence-electron chi connectivity index (χ3n) is 2.37. The Labute approximate surface area is 109 Å². The van der Waals surface area contributed by atoms with Crippen LogP contribution >= 0.6 is 11.8 Å². The molecule has 0 aromatic carbocycles. The molecule has 1 heterocycles. The molecule has 18 heavy (non-hydrogen) atoms. The lowest BCUT2D eigenvalue weighted by atomic mass is 10.3. The Balaban J connectivity index is 2.62. The summed E-state index contributed by atoms with van der Waals surface area (Å²) >= 11 is 1.08. The molecule has 0 fully saturated rings. The average Bonchev–Trinajstić information content (AvgIpc) is 2.35. The van der Waals surface area contributed by atoms with Gasteiger partial charge in [-0.05, 0) is 20.3 Å². The molecule has 0 saturated heterocycles. The van der Waals surface area contributed by atoms with Crippen molar-refractivity contribution in [3.63, 3.8) is 0 Å². The number of carbonyl (C=O) groups excluding carboxylic acids is 1. The topological polar surface area (TPSA) is 103 Å². The van der Waals surface area contributed by atoms with Crippen molar-refractivity contribution >= 4 is 17.7 Å². The van der Waals surface area contributed by atoms with Crippen molar-refractivity contribution in [2.24, 2.45) is 0 Å². The number of carbonyl (C=O) groups is 1. The Morgan fingerprint density at radius 1 is 1.56 bits per heavy atom. The zero-order chi connectivity index (χ0) is 13.7. The van der Waals surface area contributed by atoms with Crippen molar-refractivity contribution in [2.45, 2.75) is 38.4 Å². The van der Waals surface area contributed by atoms with Crippen molar-refractivity contribution < 1.29 is 4.79 Å². The molecule has 0 bridgehead atoms. The molecule has 8 heteroatoms. The molecule has 1 amide bonds. The lowest BCUT2D eigenvalue weighted by molar-refractivity contribution is -0.119. The molecule has 0 aliphatic carbocycles. The first kappa shape index (κ1) is 14.5. The quantitative estimate of drug-likeness (QED) is 0.561. The van der Waals surface area contributed by atoms with Gasteiger partial charge in [0, 0.05) is 6.04 Å². The van der Waals surface area contributed by atoms with Crippen molar-refractivity contribution in [3.05, 3.63) is 16.0 Å². The van der Waals surface area contributed by atoms with Crippen LogP contribution in [0.2, 0.25) is 0 Å². The molecule has 0 saturated carbocycles. The summed E-state index contributed by atoms with van der Waals surface area (Å²) in [6, 6.07) is 0.127. The van der Waals surface area contributed by atoms with Crippen LogP contribution in [0.25, 0.3) is 0 Å². The van der Waals surface area contributed by atoms with E-state index >= 15 is 0 Å². The zero-order valence-corrected chi connectivity index (χ0v) is 11.5. The van der Waals surface area contributed by atoms with Crippen LogP contribution in [-0.2, 0) is 4.79 Å². The summed E-state index contributed by atoms with van der Waals surface area (Å²) < 4.78 is 0.906. The van der Waals surface area contributed by atoms with Gasteiger partial charge in [-0.1, -0.05) is 18.7 Å². The van der Waals surface area contributed by atoms with Gasteiger partial charge in [-0.2, -0.15) is 4.68 Å². The second kappa shape index (κ2) is 6.39. The van der Waals surface area contributed by atoms with Gasteiger partial charge in [0.05, 0.1) is 5.75 Å². The van der Waals surface area contributed by atoms with Gasteiger partial charge in [0.15, 0.2) is 0 Å². The second-order valence-electron chi connectivity index (χ2n) is 3.91. The normalized spacial score (nSPS) is 12.2. The van der Waals surface area contributed by atoms with Crippen LogP contribution in [0.15, 0.2) is 9.95 Å². The summed E-state index contributed by atoms with van der Waals surface area (Å²) in [5.41, 5.74) is -0.180. The van der Waals surface area contributed by atoms with E-state index in [1.54, 1.807) is 0 Å². The van der Waals surface area contributed by atoms with Gasteiger partial charge in [-0.25, -0.2) is 0 Å². The summed E-state index contributed by atoms with van der Waals surface area (Å²) in [5.74, 6) is 5.58. The van der Waals surface area contributed by atoms with Crippen LogP contribution in [0.1, 0.15) is 26.0 Å². The monoisotopic (exact) mass is 271 g/mol. The second-order valence-corrected chi connectivity index (χ2v) is 4.85. The number of nitrogen functional groups attached to an aromatic ring is 1. The van der Waals surface area contributed by atoms with E-state index in [1.165, 1.54) is 6.92 Å². The van der Waals surface area contributed by atoms with E-state index in [4.69, 9.17) is 5.84 Å². The van der Waals surface area contributed by atoms with Crippen LogP contribution in [0, 0.1) is 6.92 Å². The lowest BCUT2D eigenvalue weighted by Gasteiger charge is -2.11. The Bertz CT molecular complexity index is 488. The number of hydrogen-bond donors (Lipinski definition) is 2. The maximum Gasteiger partial charge on any atom is 0.294 e. The summed E-state index contributed by atoms with van der Waals surface area (Å²) in [4.78, 5) is 23.0. The molecule has 0 aliphatic heterocycles. The molecule has 100 valence electrons. The average molecular weight is 271 g/mol. The Kier molecular flexibility index (Phi) is 5.14. The minimum absolute atomic E-state index is 0.121. The number of nitrogens with zero attached hydrogens (tertiary/aromatic N) is 3. The van der Waals surface area contributed by atoms with Gasteiger partial charge < -0.3 is 11.2 Å². The molecule has 0 aliphatic rings. The summed E-state index contributed by atoms with van der Waals surface area (Å²) in [5, 5.41) is 10.5. The number of amides is 1. The van der Waals surface area contributed by atoms with Crippen LogP contribution in [-0.4, -0.2) is 32.6 Å².